The Hall–Kier alpha value is -1.61. The van der Waals surface area contributed by atoms with Crippen molar-refractivity contribution in [3.8, 4) is 0 Å². The lowest BCUT2D eigenvalue weighted by Gasteiger charge is -2.38. The van der Waals surface area contributed by atoms with Crippen LogP contribution in [0.15, 0.2) is 12.4 Å². The molecule has 0 spiro atoms. The van der Waals surface area contributed by atoms with Gasteiger partial charge in [-0.05, 0) is 19.8 Å². The van der Waals surface area contributed by atoms with Crippen LogP contribution in [0.1, 0.15) is 30.1 Å². The van der Waals surface area contributed by atoms with Gasteiger partial charge in [0, 0.05) is 19.3 Å². The fraction of sp³-hybridized carbons (Fsp3) is 0.692. The Morgan fingerprint density at radius 1 is 1.45 bits per heavy atom. The third-order valence-corrected chi connectivity index (χ3v) is 3.70. The predicted octanol–water partition coefficient (Wildman–Crippen LogP) is 1.41. The highest BCUT2D eigenvalue weighted by molar-refractivity contribution is 5.88. The molecule has 0 radical (unpaired) electrons. The Bertz CT molecular complexity index is 522. The highest BCUT2D eigenvalue weighted by Crippen LogP contribution is 2.38. The molecule has 22 heavy (non-hydrogen) atoms. The smallest absolute Gasteiger partial charge is 0.417 e. The molecule has 0 amide bonds. The van der Waals surface area contributed by atoms with Crippen molar-refractivity contribution in [1.29, 1.82) is 0 Å². The molecular formula is C13H18F3N3O3. The van der Waals surface area contributed by atoms with Gasteiger partial charge in [0.1, 0.15) is 0 Å². The monoisotopic (exact) mass is 321 g/mol. The molecule has 1 aromatic heterocycles. The Labute approximate surface area is 125 Å². The average molecular weight is 321 g/mol. The van der Waals surface area contributed by atoms with Gasteiger partial charge in [-0.2, -0.15) is 18.3 Å². The van der Waals surface area contributed by atoms with Gasteiger partial charge in [0.15, 0.2) is 5.60 Å². The average Bonchev–Trinajstić information content (AvgIpc) is 2.89. The van der Waals surface area contributed by atoms with Crippen molar-refractivity contribution in [2.45, 2.75) is 38.2 Å². The second kappa shape index (κ2) is 6.25. The number of likely N-dealkylation sites (tertiary alicyclic amines) is 1. The summed E-state index contributed by atoms with van der Waals surface area (Å²) in [6.07, 6.45) is -2.51. The van der Waals surface area contributed by atoms with E-state index in [2.05, 4.69) is 5.10 Å². The van der Waals surface area contributed by atoms with Crippen LogP contribution in [0.25, 0.3) is 0 Å². The molecule has 6 nitrogen and oxygen atoms in total. The summed E-state index contributed by atoms with van der Waals surface area (Å²) in [6.45, 7) is 2.41. The number of aliphatic hydroxyl groups is 1. The number of ether oxygens (including phenoxy) is 1. The van der Waals surface area contributed by atoms with Crippen molar-refractivity contribution in [1.82, 2.24) is 14.7 Å². The molecule has 1 saturated heterocycles. The van der Waals surface area contributed by atoms with Crippen molar-refractivity contribution >= 4 is 5.97 Å². The third-order valence-electron chi connectivity index (χ3n) is 3.70. The van der Waals surface area contributed by atoms with Gasteiger partial charge in [0.05, 0.1) is 25.0 Å². The predicted molar refractivity (Wildman–Crippen MR) is 70.0 cm³/mol. The fourth-order valence-corrected chi connectivity index (χ4v) is 2.31. The van der Waals surface area contributed by atoms with Crippen LogP contribution in [0.5, 0.6) is 0 Å². The molecular weight excluding hydrogens is 303 g/mol. The topological polar surface area (TPSA) is 67.6 Å². The zero-order valence-electron chi connectivity index (χ0n) is 12.1. The minimum absolute atomic E-state index is 0.102. The minimum Gasteiger partial charge on any atom is -0.462 e. The summed E-state index contributed by atoms with van der Waals surface area (Å²) in [5, 5.41) is 13.6. The highest BCUT2D eigenvalue weighted by atomic mass is 19.4. The Kier molecular flexibility index (Phi) is 4.76. The maximum absolute atomic E-state index is 12.7. The first kappa shape index (κ1) is 16.8. The van der Waals surface area contributed by atoms with E-state index in [9.17, 15) is 23.1 Å². The van der Waals surface area contributed by atoms with Crippen LogP contribution in [-0.4, -0.2) is 57.2 Å². The summed E-state index contributed by atoms with van der Waals surface area (Å²) in [7, 11) is 0. The summed E-state index contributed by atoms with van der Waals surface area (Å²) < 4.78 is 44.4. The van der Waals surface area contributed by atoms with E-state index in [0.717, 1.165) is 0 Å². The van der Waals surface area contributed by atoms with E-state index in [0.29, 0.717) is 5.56 Å². The second-order valence-corrected chi connectivity index (χ2v) is 5.28. The fourth-order valence-electron chi connectivity index (χ4n) is 2.31. The molecule has 1 aliphatic rings. The van der Waals surface area contributed by atoms with Crippen LogP contribution in [0.3, 0.4) is 0 Å². The van der Waals surface area contributed by atoms with Gasteiger partial charge >= 0.3 is 12.1 Å². The number of carbonyl (C=O) groups excluding carboxylic acids is 1. The summed E-state index contributed by atoms with van der Waals surface area (Å²) in [6, 6.07) is 0. The first-order valence-corrected chi connectivity index (χ1v) is 6.96. The standard InChI is InChI=1S/C13H18F3N3O3/c1-2-22-11(20)10-7-17-19(8-10)9-18-5-3-12(21,4-6-18)13(14,15)16/h7-8,21H,2-6,9H2,1H3. The van der Waals surface area contributed by atoms with Gasteiger partial charge in [0.25, 0.3) is 0 Å². The van der Waals surface area contributed by atoms with Crippen LogP contribution < -0.4 is 0 Å². The first-order valence-electron chi connectivity index (χ1n) is 6.96. The zero-order valence-corrected chi connectivity index (χ0v) is 12.1. The van der Waals surface area contributed by atoms with Gasteiger partial charge in [0.2, 0.25) is 0 Å². The Morgan fingerprint density at radius 2 is 2.09 bits per heavy atom. The highest BCUT2D eigenvalue weighted by Gasteiger charge is 2.54. The van der Waals surface area contributed by atoms with Crippen LogP contribution in [0.4, 0.5) is 13.2 Å². The van der Waals surface area contributed by atoms with Gasteiger partial charge in [-0.25, -0.2) is 4.79 Å². The minimum atomic E-state index is -4.61. The van der Waals surface area contributed by atoms with E-state index in [1.807, 2.05) is 0 Å². The zero-order chi connectivity index (χ0) is 16.4. The van der Waals surface area contributed by atoms with Crippen molar-refractivity contribution in [2.24, 2.45) is 0 Å². The maximum Gasteiger partial charge on any atom is 0.417 e. The number of hydrogen-bond acceptors (Lipinski definition) is 5. The van der Waals surface area contributed by atoms with E-state index in [1.165, 1.54) is 17.1 Å². The molecule has 124 valence electrons. The lowest BCUT2D eigenvalue weighted by Crippen LogP contribution is -2.53. The van der Waals surface area contributed by atoms with E-state index >= 15 is 0 Å². The van der Waals surface area contributed by atoms with Crippen LogP contribution in [0.2, 0.25) is 0 Å². The van der Waals surface area contributed by atoms with Gasteiger partial charge in [-0.15, -0.1) is 0 Å². The third kappa shape index (κ3) is 3.58. The largest absolute Gasteiger partial charge is 0.462 e. The number of nitrogens with zero attached hydrogens (tertiary/aromatic N) is 3. The molecule has 0 unspecified atom stereocenters. The second-order valence-electron chi connectivity index (χ2n) is 5.28. The molecule has 0 bridgehead atoms. The number of alkyl halides is 3. The molecule has 9 heteroatoms. The lowest BCUT2D eigenvalue weighted by atomic mass is 9.91. The molecule has 0 aromatic carbocycles. The van der Waals surface area contributed by atoms with E-state index in [-0.39, 0.29) is 39.2 Å². The first-order chi connectivity index (χ1) is 10.2. The number of halogens is 3. The molecule has 0 saturated carbocycles. The molecule has 1 aliphatic heterocycles. The molecule has 2 heterocycles. The molecule has 0 aliphatic carbocycles. The van der Waals surface area contributed by atoms with E-state index < -0.39 is 17.7 Å². The van der Waals surface area contributed by atoms with Crippen LogP contribution in [-0.2, 0) is 11.4 Å². The molecule has 0 atom stereocenters. The summed E-state index contributed by atoms with van der Waals surface area (Å²) in [5.41, 5.74) is -2.31. The van der Waals surface area contributed by atoms with Crippen LogP contribution in [0, 0.1) is 0 Å². The number of esters is 1. The normalized spacial score (nSPS) is 19.1. The molecule has 1 aromatic rings. The number of aromatic nitrogens is 2. The summed E-state index contributed by atoms with van der Waals surface area (Å²) >= 11 is 0. The van der Waals surface area contributed by atoms with E-state index in [1.54, 1.807) is 11.8 Å². The van der Waals surface area contributed by atoms with Gasteiger partial charge in [-0.3, -0.25) is 9.58 Å². The molecule has 1 fully saturated rings. The van der Waals surface area contributed by atoms with Crippen LogP contribution >= 0.6 is 0 Å². The summed E-state index contributed by atoms with van der Waals surface area (Å²) in [4.78, 5) is 13.2. The SMILES string of the molecule is CCOC(=O)c1cnn(CN2CCC(O)(C(F)(F)F)CC2)c1. The van der Waals surface area contributed by atoms with Crippen molar-refractivity contribution in [3.63, 3.8) is 0 Å². The Balaban J connectivity index is 1.90. The van der Waals surface area contributed by atoms with Crippen molar-refractivity contribution in [3.05, 3.63) is 18.0 Å². The summed E-state index contributed by atoms with van der Waals surface area (Å²) in [5.74, 6) is -0.487. The molecule has 2 rings (SSSR count). The van der Waals surface area contributed by atoms with Gasteiger partial charge in [-0.1, -0.05) is 0 Å². The maximum atomic E-state index is 12.7. The van der Waals surface area contributed by atoms with Crippen molar-refractivity contribution in [2.75, 3.05) is 19.7 Å². The lowest BCUT2D eigenvalue weighted by molar-refractivity contribution is -0.273. The number of carbonyl (C=O) groups is 1. The van der Waals surface area contributed by atoms with Gasteiger partial charge < -0.3 is 9.84 Å². The molecule has 1 N–H and O–H groups in total. The quantitative estimate of drug-likeness (QED) is 0.849. The van der Waals surface area contributed by atoms with E-state index in [4.69, 9.17) is 4.74 Å². The number of rotatable bonds is 4. The number of piperidine rings is 1. The number of hydrogen-bond donors (Lipinski definition) is 1. The van der Waals surface area contributed by atoms with Crippen molar-refractivity contribution < 1.29 is 27.8 Å². The Morgan fingerprint density at radius 3 is 2.64 bits per heavy atom.